The van der Waals surface area contributed by atoms with E-state index in [0.717, 1.165) is 31.5 Å². The molecule has 1 unspecified atom stereocenters. The lowest BCUT2D eigenvalue weighted by Crippen LogP contribution is -2.44. The van der Waals surface area contributed by atoms with Crippen LogP contribution in [0.2, 0.25) is 0 Å². The number of nitrogens with one attached hydrogen (secondary N) is 1. The van der Waals surface area contributed by atoms with Gasteiger partial charge in [-0.15, -0.1) is 0 Å². The van der Waals surface area contributed by atoms with E-state index in [2.05, 4.69) is 10.4 Å². The fraction of sp³-hybridized carbons (Fsp3) is 0.615. The molecule has 1 aromatic rings. The van der Waals surface area contributed by atoms with Crippen LogP contribution in [-0.2, 0) is 10.9 Å². The number of alkyl halides is 3. The van der Waals surface area contributed by atoms with Crippen LogP contribution < -0.4 is 11.3 Å². The van der Waals surface area contributed by atoms with Crippen molar-refractivity contribution in [3.05, 3.63) is 29.6 Å². The second kappa shape index (κ2) is 5.67. The summed E-state index contributed by atoms with van der Waals surface area (Å²) in [6, 6.07) is 0.334. The summed E-state index contributed by atoms with van der Waals surface area (Å²) in [5, 5.41) is 0. The van der Waals surface area contributed by atoms with Gasteiger partial charge in [-0.1, -0.05) is 0 Å². The smallest absolute Gasteiger partial charge is 0.378 e. The van der Waals surface area contributed by atoms with Crippen LogP contribution in [0.4, 0.5) is 13.2 Å². The van der Waals surface area contributed by atoms with Crippen LogP contribution in [0.15, 0.2) is 18.5 Å². The highest BCUT2D eigenvalue weighted by Gasteiger charge is 2.41. The Morgan fingerprint density at radius 3 is 2.65 bits per heavy atom. The van der Waals surface area contributed by atoms with Crippen molar-refractivity contribution in [3.63, 3.8) is 0 Å². The van der Waals surface area contributed by atoms with E-state index in [1.54, 1.807) is 7.11 Å². The monoisotopic (exact) mass is 289 g/mol. The summed E-state index contributed by atoms with van der Waals surface area (Å²) in [5.74, 6) is 5.46. The lowest BCUT2D eigenvalue weighted by molar-refractivity contribution is -0.139. The average molecular weight is 289 g/mol. The van der Waals surface area contributed by atoms with Gasteiger partial charge < -0.3 is 4.74 Å². The second-order valence-electron chi connectivity index (χ2n) is 5.12. The molecule has 20 heavy (non-hydrogen) atoms. The van der Waals surface area contributed by atoms with Crippen molar-refractivity contribution in [3.8, 4) is 0 Å². The molecule has 4 nitrogen and oxygen atoms in total. The number of hydrogen-bond acceptors (Lipinski definition) is 4. The molecule has 3 N–H and O–H groups in total. The van der Waals surface area contributed by atoms with E-state index in [4.69, 9.17) is 10.6 Å². The summed E-state index contributed by atoms with van der Waals surface area (Å²) >= 11 is 0. The molecule has 1 aromatic heterocycles. The summed E-state index contributed by atoms with van der Waals surface area (Å²) in [5.41, 5.74) is 1.44. The molecule has 1 saturated carbocycles. The van der Waals surface area contributed by atoms with Crippen LogP contribution in [0.25, 0.3) is 0 Å². The van der Waals surface area contributed by atoms with Gasteiger partial charge in [-0.05, 0) is 31.7 Å². The molecule has 0 amide bonds. The molecule has 1 heterocycles. The number of pyridine rings is 1. The fourth-order valence-corrected chi connectivity index (χ4v) is 2.64. The molecule has 2 rings (SSSR count). The maximum Gasteiger partial charge on any atom is 0.416 e. The van der Waals surface area contributed by atoms with Crippen molar-refractivity contribution >= 4 is 0 Å². The van der Waals surface area contributed by atoms with Gasteiger partial charge in [0.15, 0.2) is 0 Å². The molecule has 1 aliphatic rings. The topological polar surface area (TPSA) is 60.2 Å². The Hall–Kier alpha value is -1.18. The van der Waals surface area contributed by atoms with E-state index in [-0.39, 0.29) is 11.2 Å². The van der Waals surface area contributed by atoms with E-state index in [1.807, 2.05) is 0 Å². The molecule has 1 aliphatic carbocycles. The van der Waals surface area contributed by atoms with Crippen LogP contribution in [-0.4, -0.2) is 17.7 Å². The van der Waals surface area contributed by atoms with Gasteiger partial charge in [0.25, 0.3) is 0 Å². The number of nitrogens with zero attached hydrogens (tertiary/aromatic N) is 1. The molecule has 1 atom stereocenters. The SMILES string of the molecule is COC1(CC(NN)c2cnccc2C(F)(F)F)CCC1. The highest BCUT2D eigenvalue weighted by Crippen LogP contribution is 2.43. The Labute approximate surface area is 115 Å². The zero-order chi connectivity index (χ0) is 14.8. The molecule has 112 valence electrons. The number of hydrazine groups is 1. The Morgan fingerprint density at radius 2 is 2.20 bits per heavy atom. The van der Waals surface area contributed by atoms with E-state index in [9.17, 15) is 13.2 Å². The molecule has 0 aromatic carbocycles. The van der Waals surface area contributed by atoms with Crippen LogP contribution in [0.1, 0.15) is 42.9 Å². The summed E-state index contributed by atoms with van der Waals surface area (Å²) < 4.78 is 44.5. The molecule has 0 bridgehead atoms. The first-order valence-corrected chi connectivity index (χ1v) is 6.44. The number of ether oxygens (including phenoxy) is 1. The number of aromatic nitrogens is 1. The minimum Gasteiger partial charge on any atom is -0.378 e. The predicted octanol–water partition coefficient (Wildman–Crippen LogP) is 2.56. The van der Waals surface area contributed by atoms with Gasteiger partial charge in [0, 0.05) is 25.1 Å². The number of methoxy groups -OCH3 is 1. The zero-order valence-electron chi connectivity index (χ0n) is 11.2. The standard InChI is InChI=1S/C13H18F3N3O/c1-20-12(4-2-5-12)7-11(19-17)9-8-18-6-3-10(9)13(14,15)16/h3,6,8,11,19H,2,4-5,7,17H2,1H3. The highest BCUT2D eigenvalue weighted by molar-refractivity contribution is 5.29. The molecule has 0 radical (unpaired) electrons. The third-order valence-corrected chi connectivity index (χ3v) is 4.01. The van der Waals surface area contributed by atoms with Crippen LogP contribution in [0.5, 0.6) is 0 Å². The Balaban J connectivity index is 2.28. The van der Waals surface area contributed by atoms with E-state index in [1.165, 1.54) is 6.20 Å². The number of hydrogen-bond donors (Lipinski definition) is 2. The molecular formula is C13H18F3N3O. The average Bonchev–Trinajstić information content (AvgIpc) is 2.37. The third-order valence-electron chi connectivity index (χ3n) is 4.01. The normalized spacial score (nSPS) is 19.4. The van der Waals surface area contributed by atoms with Gasteiger partial charge in [-0.25, -0.2) is 0 Å². The molecule has 0 aliphatic heterocycles. The maximum absolute atomic E-state index is 13.0. The Bertz CT molecular complexity index is 455. The van der Waals surface area contributed by atoms with Gasteiger partial charge in [-0.3, -0.25) is 16.3 Å². The van der Waals surface area contributed by atoms with Gasteiger partial charge >= 0.3 is 6.18 Å². The number of rotatable bonds is 5. The maximum atomic E-state index is 13.0. The minimum absolute atomic E-state index is 0.0609. The highest BCUT2D eigenvalue weighted by atomic mass is 19.4. The van der Waals surface area contributed by atoms with Crippen LogP contribution >= 0.6 is 0 Å². The van der Waals surface area contributed by atoms with Crippen molar-refractivity contribution < 1.29 is 17.9 Å². The van der Waals surface area contributed by atoms with Crippen LogP contribution in [0.3, 0.4) is 0 Å². The molecule has 7 heteroatoms. The van der Waals surface area contributed by atoms with E-state index in [0.29, 0.717) is 6.42 Å². The van der Waals surface area contributed by atoms with Crippen molar-refractivity contribution in [2.45, 2.75) is 43.5 Å². The number of nitrogens with two attached hydrogens (primary N) is 1. The first-order valence-electron chi connectivity index (χ1n) is 6.44. The van der Waals surface area contributed by atoms with E-state index >= 15 is 0 Å². The largest absolute Gasteiger partial charge is 0.416 e. The lowest BCUT2D eigenvalue weighted by atomic mass is 9.74. The van der Waals surface area contributed by atoms with Gasteiger partial charge in [0.05, 0.1) is 17.2 Å². The molecule has 0 saturated heterocycles. The summed E-state index contributed by atoms with van der Waals surface area (Å²) in [6.45, 7) is 0. The molecular weight excluding hydrogens is 271 g/mol. The van der Waals surface area contributed by atoms with Gasteiger partial charge in [-0.2, -0.15) is 13.2 Å². The van der Waals surface area contributed by atoms with Gasteiger partial charge in [0.1, 0.15) is 0 Å². The van der Waals surface area contributed by atoms with Crippen LogP contribution in [0, 0.1) is 0 Å². The summed E-state index contributed by atoms with van der Waals surface area (Å²) in [7, 11) is 1.58. The first kappa shape index (κ1) is 15.2. The minimum atomic E-state index is -4.42. The Kier molecular flexibility index (Phi) is 4.31. The van der Waals surface area contributed by atoms with E-state index < -0.39 is 17.8 Å². The Morgan fingerprint density at radius 1 is 1.50 bits per heavy atom. The van der Waals surface area contributed by atoms with Crippen molar-refractivity contribution in [2.75, 3.05) is 7.11 Å². The molecule has 1 fully saturated rings. The van der Waals surface area contributed by atoms with Crippen molar-refractivity contribution in [1.29, 1.82) is 0 Å². The van der Waals surface area contributed by atoms with Gasteiger partial charge in [0.2, 0.25) is 0 Å². The first-order chi connectivity index (χ1) is 9.42. The second-order valence-corrected chi connectivity index (χ2v) is 5.12. The molecule has 0 spiro atoms. The van der Waals surface area contributed by atoms with Crippen molar-refractivity contribution in [2.24, 2.45) is 5.84 Å². The third kappa shape index (κ3) is 2.94. The summed E-state index contributed by atoms with van der Waals surface area (Å²) in [6.07, 6.45) is 1.02. The fourth-order valence-electron chi connectivity index (χ4n) is 2.64. The van der Waals surface area contributed by atoms with Crippen molar-refractivity contribution in [1.82, 2.24) is 10.4 Å². The zero-order valence-corrected chi connectivity index (χ0v) is 11.2. The predicted molar refractivity (Wildman–Crippen MR) is 67.5 cm³/mol. The summed E-state index contributed by atoms with van der Waals surface area (Å²) in [4.78, 5) is 3.79. The lowest BCUT2D eigenvalue weighted by Gasteiger charge is -2.43. The number of halogens is 3. The quantitative estimate of drug-likeness (QED) is 0.646.